The van der Waals surface area contributed by atoms with Gasteiger partial charge < -0.3 is 29.3 Å². The number of amides is 1. The van der Waals surface area contributed by atoms with Gasteiger partial charge in [-0.05, 0) is 48.5 Å². The highest BCUT2D eigenvalue weighted by Gasteiger charge is 2.20. The summed E-state index contributed by atoms with van der Waals surface area (Å²) in [4.78, 5) is 29.1. The van der Waals surface area contributed by atoms with Gasteiger partial charge in [0.05, 0.1) is 18.0 Å². The van der Waals surface area contributed by atoms with Crippen LogP contribution in [0.15, 0.2) is 60.9 Å². The summed E-state index contributed by atoms with van der Waals surface area (Å²) >= 11 is 0. The van der Waals surface area contributed by atoms with Crippen LogP contribution in [-0.2, 0) is 4.74 Å². The first kappa shape index (κ1) is 26.7. The minimum atomic E-state index is -0.00396. The van der Waals surface area contributed by atoms with Crippen molar-refractivity contribution < 1.29 is 9.53 Å². The molecule has 1 amide bonds. The first-order valence-corrected chi connectivity index (χ1v) is 13.4. The van der Waals surface area contributed by atoms with Crippen molar-refractivity contribution in [2.24, 2.45) is 0 Å². The predicted octanol–water partition coefficient (Wildman–Crippen LogP) is 4.43. The van der Waals surface area contributed by atoms with Crippen molar-refractivity contribution in [3.8, 4) is 22.3 Å². The number of methoxy groups -OCH3 is 1. The third-order valence-corrected chi connectivity index (χ3v) is 7.57. The van der Waals surface area contributed by atoms with Crippen LogP contribution < -0.4 is 9.80 Å². The first-order valence-electron chi connectivity index (χ1n) is 13.4. The zero-order valence-electron chi connectivity index (χ0n) is 23.6. The number of pyridine rings is 1. The number of fused-ring (bicyclic) bond motifs is 1. The smallest absolute Gasteiger partial charge is 0.253 e. The maximum absolute atomic E-state index is 12.3. The molecule has 1 saturated heterocycles. The number of carbonyl (C=O) groups is 1. The molecule has 0 unspecified atom stereocenters. The van der Waals surface area contributed by atoms with Crippen LogP contribution in [0.5, 0.6) is 0 Å². The lowest BCUT2D eigenvalue weighted by atomic mass is 10.00. The van der Waals surface area contributed by atoms with E-state index in [9.17, 15) is 4.79 Å². The molecule has 0 saturated carbocycles. The summed E-state index contributed by atoms with van der Waals surface area (Å²) < 4.78 is 5.38. The number of nitrogens with zero attached hydrogens (tertiary/aromatic N) is 5. The fourth-order valence-corrected chi connectivity index (χ4v) is 5.12. The van der Waals surface area contributed by atoms with Crippen LogP contribution in [0.1, 0.15) is 10.4 Å². The predicted molar refractivity (Wildman–Crippen MR) is 160 cm³/mol. The Bertz CT molecular complexity index is 1440. The number of nitrogens with one attached hydrogen (secondary N) is 1. The van der Waals surface area contributed by atoms with E-state index in [-0.39, 0.29) is 5.91 Å². The molecule has 8 nitrogen and oxygen atoms in total. The molecule has 8 heteroatoms. The number of carbonyl (C=O) groups excluding carboxylic acids is 1. The maximum Gasteiger partial charge on any atom is 0.253 e. The quantitative estimate of drug-likeness (QED) is 0.366. The Kier molecular flexibility index (Phi) is 7.86. The van der Waals surface area contributed by atoms with Gasteiger partial charge in [0, 0.05) is 95.4 Å². The van der Waals surface area contributed by atoms with Crippen molar-refractivity contribution in [1.82, 2.24) is 19.8 Å². The van der Waals surface area contributed by atoms with Crippen LogP contribution in [0, 0.1) is 0 Å². The van der Waals surface area contributed by atoms with E-state index in [1.165, 1.54) is 11.4 Å². The van der Waals surface area contributed by atoms with Gasteiger partial charge in [-0.15, -0.1) is 0 Å². The Morgan fingerprint density at radius 3 is 2.38 bits per heavy atom. The lowest BCUT2D eigenvalue weighted by molar-refractivity contribution is 0.0827. The SMILES string of the molecule is COCCN(C)c1cc(-c2cnc3[nH]cc(-c4ccc(C(=O)N(C)C)cc4)c3c2)ccc1N1CCN(C)CC1. The van der Waals surface area contributed by atoms with Crippen LogP contribution in [0.2, 0.25) is 0 Å². The molecule has 0 aliphatic carbocycles. The molecule has 2 aromatic carbocycles. The van der Waals surface area contributed by atoms with Gasteiger partial charge in [-0.3, -0.25) is 4.79 Å². The molecule has 5 rings (SSSR count). The molecule has 0 radical (unpaired) electrons. The van der Waals surface area contributed by atoms with Crippen LogP contribution in [0.25, 0.3) is 33.3 Å². The molecule has 2 aromatic heterocycles. The first-order chi connectivity index (χ1) is 18.9. The summed E-state index contributed by atoms with van der Waals surface area (Å²) in [5.74, 6) is -0.00396. The number of aromatic nitrogens is 2. The number of benzene rings is 2. The van der Waals surface area contributed by atoms with Gasteiger partial charge in [0.1, 0.15) is 5.65 Å². The molecule has 0 spiro atoms. The fraction of sp³-hybridized carbons (Fsp3) is 0.355. The minimum absolute atomic E-state index is 0.00396. The molecule has 39 heavy (non-hydrogen) atoms. The largest absolute Gasteiger partial charge is 0.383 e. The average molecular weight is 527 g/mol. The van der Waals surface area contributed by atoms with Crippen molar-refractivity contribution in [2.75, 3.05) is 84.4 Å². The maximum atomic E-state index is 12.3. The number of rotatable bonds is 8. The van der Waals surface area contributed by atoms with Gasteiger partial charge in [-0.25, -0.2) is 4.98 Å². The normalized spacial score (nSPS) is 14.1. The molecule has 1 fully saturated rings. The summed E-state index contributed by atoms with van der Waals surface area (Å²) in [6.07, 6.45) is 3.93. The number of hydrogen-bond acceptors (Lipinski definition) is 6. The van der Waals surface area contributed by atoms with Crippen LogP contribution >= 0.6 is 0 Å². The van der Waals surface area contributed by atoms with Gasteiger partial charge in [0.15, 0.2) is 0 Å². The van der Waals surface area contributed by atoms with Gasteiger partial charge in [0.25, 0.3) is 5.91 Å². The summed E-state index contributed by atoms with van der Waals surface area (Å²) in [6.45, 7) is 5.63. The number of H-pyrrole nitrogens is 1. The van der Waals surface area contributed by atoms with Crippen molar-refractivity contribution >= 4 is 28.3 Å². The van der Waals surface area contributed by atoms with Gasteiger partial charge in [-0.2, -0.15) is 0 Å². The number of hydrogen-bond donors (Lipinski definition) is 1. The lowest BCUT2D eigenvalue weighted by Gasteiger charge is -2.36. The summed E-state index contributed by atoms with van der Waals surface area (Å²) in [6, 6.07) is 16.7. The second-order valence-electron chi connectivity index (χ2n) is 10.5. The zero-order chi connectivity index (χ0) is 27.5. The highest BCUT2D eigenvalue weighted by atomic mass is 16.5. The fourth-order valence-electron chi connectivity index (χ4n) is 5.12. The van der Waals surface area contributed by atoms with Gasteiger partial charge in [-0.1, -0.05) is 18.2 Å². The standard InChI is InChI=1S/C31H38N6O2/c1-34(2)31(38)23-8-6-22(7-9-23)27-21-33-30-26(27)18-25(20-32-30)24-10-11-28(37-14-12-35(3)13-15-37)29(19-24)36(4)16-17-39-5/h6-11,18-21H,12-17H2,1-5H3,(H,32,33). The minimum Gasteiger partial charge on any atom is -0.383 e. The summed E-state index contributed by atoms with van der Waals surface area (Å²) in [5, 5.41) is 1.05. The van der Waals surface area contributed by atoms with E-state index in [1.54, 1.807) is 26.1 Å². The molecule has 1 aliphatic heterocycles. The molecule has 1 N–H and O–H groups in total. The Morgan fingerprint density at radius 1 is 0.974 bits per heavy atom. The Balaban J connectivity index is 1.50. The topological polar surface area (TPSA) is 67.9 Å². The van der Waals surface area contributed by atoms with Crippen molar-refractivity contribution in [2.45, 2.75) is 0 Å². The number of piperazine rings is 1. The third-order valence-electron chi connectivity index (χ3n) is 7.57. The Hall–Kier alpha value is -3.88. The highest BCUT2D eigenvalue weighted by Crippen LogP contribution is 2.36. The Labute approximate surface area is 230 Å². The molecule has 0 bridgehead atoms. The second kappa shape index (κ2) is 11.5. The average Bonchev–Trinajstić information content (AvgIpc) is 3.39. The van der Waals surface area contributed by atoms with Gasteiger partial charge in [0.2, 0.25) is 0 Å². The van der Waals surface area contributed by atoms with E-state index >= 15 is 0 Å². The molecule has 0 atom stereocenters. The van der Waals surface area contributed by atoms with Crippen LogP contribution in [0.4, 0.5) is 11.4 Å². The van der Waals surface area contributed by atoms with E-state index in [0.29, 0.717) is 12.2 Å². The second-order valence-corrected chi connectivity index (χ2v) is 10.5. The van der Waals surface area contributed by atoms with Crippen molar-refractivity contribution in [1.29, 1.82) is 0 Å². The van der Waals surface area contributed by atoms with Gasteiger partial charge >= 0.3 is 0 Å². The molecule has 1 aliphatic rings. The van der Waals surface area contributed by atoms with Crippen LogP contribution in [0.3, 0.4) is 0 Å². The number of anilines is 2. The Morgan fingerprint density at radius 2 is 1.69 bits per heavy atom. The van der Waals surface area contributed by atoms with Crippen molar-refractivity contribution in [3.05, 3.63) is 66.5 Å². The van der Waals surface area contributed by atoms with E-state index < -0.39 is 0 Å². The van der Waals surface area contributed by atoms with E-state index in [2.05, 4.69) is 58.0 Å². The molecule has 4 aromatic rings. The molecular formula is C31H38N6O2. The van der Waals surface area contributed by atoms with E-state index in [1.807, 2.05) is 36.7 Å². The third kappa shape index (κ3) is 5.62. The monoisotopic (exact) mass is 526 g/mol. The van der Waals surface area contributed by atoms with E-state index in [0.717, 1.165) is 66.0 Å². The van der Waals surface area contributed by atoms with Crippen molar-refractivity contribution in [3.63, 3.8) is 0 Å². The molecular weight excluding hydrogens is 488 g/mol. The highest BCUT2D eigenvalue weighted by molar-refractivity contribution is 5.98. The molecule has 204 valence electrons. The number of ether oxygens (including phenoxy) is 1. The number of aromatic amines is 1. The van der Waals surface area contributed by atoms with E-state index in [4.69, 9.17) is 9.72 Å². The summed E-state index contributed by atoms with van der Waals surface area (Å²) in [5.41, 5.74) is 8.27. The number of likely N-dealkylation sites (N-methyl/N-ethyl adjacent to an activating group) is 2. The van der Waals surface area contributed by atoms with Crippen LogP contribution in [-0.4, -0.2) is 100 Å². The lowest BCUT2D eigenvalue weighted by Crippen LogP contribution is -2.45. The summed E-state index contributed by atoms with van der Waals surface area (Å²) in [7, 11) is 9.59. The molecule has 3 heterocycles. The zero-order valence-corrected chi connectivity index (χ0v) is 23.6.